The van der Waals surface area contributed by atoms with Crippen LogP contribution in [0.1, 0.15) is 29.9 Å². The molecule has 1 atom stereocenters. The number of ether oxygens (including phenoxy) is 2. The van der Waals surface area contributed by atoms with E-state index in [2.05, 4.69) is 15.6 Å². The molecule has 0 aliphatic carbocycles. The van der Waals surface area contributed by atoms with E-state index in [0.29, 0.717) is 37.4 Å². The fourth-order valence-corrected chi connectivity index (χ4v) is 4.33. The van der Waals surface area contributed by atoms with Crippen molar-refractivity contribution in [2.75, 3.05) is 57.9 Å². The minimum Gasteiger partial charge on any atom is -0.493 e. The highest BCUT2D eigenvalue weighted by Crippen LogP contribution is 2.40. The van der Waals surface area contributed by atoms with Crippen LogP contribution in [0.3, 0.4) is 0 Å². The molecule has 1 aliphatic heterocycles. The summed E-state index contributed by atoms with van der Waals surface area (Å²) < 4.78 is 67.6. The molecule has 1 amide bonds. The maximum Gasteiger partial charge on any atom is 0.424 e. The highest BCUT2D eigenvalue weighted by molar-refractivity contribution is 5.95. The average Bonchev–Trinajstić information content (AvgIpc) is 3.03. The Labute approximate surface area is 247 Å². The van der Waals surface area contributed by atoms with E-state index in [-0.39, 0.29) is 36.0 Å². The molecule has 234 valence electrons. The molecule has 0 saturated carbocycles. The predicted molar refractivity (Wildman–Crippen MR) is 154 cm³/mol. The molecule has 9 nitrogen and oxygen atoms in total. The van der Waals surface area contributed by atoms with Crippen LogP contribution in [0.2, 0.25) is 0 Å². The molecule has 2 heterocycles. The first-order valence-corrected chi connectivity index (χ1v) is 13.8. The lowest BCUT2D eigenvalue weighted by Crippen LogP contribution is -2.51. The van der Waals surface area contributed by atoms with E-state index in [1.165, 1.54) is 49.6 Å². The molecule has 1 saturated heterocycles. The van der Waals surface area contributed by atoms with Gasteiger partial charge in [-0.15, -0.1) is 0 Å². The lowest BCUT2D eigenvalue weighted by molar-refractivity contribution is -0.265. The number of benzene rings is 2. The van der Waals surface area contributed by atoms with E-state index in [4.69, 9.17) is 14.6 Å². The van der Waals surface area contributed by atoms with Crippen molar-refractivity contribution in [1.29, 1.82) is 0 Å². The molecule has 1 fully saturated rings. The number of nitrogens with zero attached hydrogens (tertiary/aromatic N) is 2. The largest absolute Gasteiger partial charge is 0.493 e. The second-order valence-electron chi connectivity index (χ2n) is 9.32. The lowest BCUT2D eigenvalue weighted by atomic mass is 9.96. The Morgan fingerprint density at radius 2 is 1.72 bits per heavy atom. The first-order valence-electron chi connectivity index (χ1n) is 13.8. The highest BCUT2D eigenvalue weighted by atomic mass is 19.4. The normalized spacial score (nSPS) is 14.7. The van der Waals surface area contributed by atoms with E-state index in [0.717, 1.165) is 6.07 Å². The van der Waals surface area contributed by atoms with Crippen molar-refractivity contribution in [2.45, 2.75) is 25.6 Å². The predicted octanol–water partition coefficient (Wildman–Crippen LogP) is 3.88. The van der Waals surface area contributed by atoms with Gasteiger partial charge in [-0.1, -0.05) is 13.8 Å². The Morgan fingerprint density at radius 3 is 2.33 bits per heavy atom. The van der Waals surface area contributed by atoms with E-state index < -0.39 is 35.7 Å². The standard InChI is InChI=1S/C28H30F4N4O5.C2H6/c1-40-24-14-19(4-7-23(24)41-13-12-37)26(38)34-17-27(39,28(30,31)32)25-16-21(36-10-8-33-9-11-36)15-22(35-25)18-2-5-20(29)6-3-18;1-2/h2-7,14-16,33,37,39H,8-13,17H2,1H3,(H,34,38);1-2H3. The van der Waals surface area contributed by atoms with Gasteiger partial charge in [-0.25, -0.2) is 9.37 Å². The first kappa shape index (κ1) is 33.6. The zero-order chi connectivity index (χ0) is 31.6. The summed E-state index contributed by atoms with van der Waals surface area (Å²) in [4.78, 5) is 18.9. The van der Waals surface area contributed by atoms with E-state index >= 15 is 0 Å². The van der Waals surface area contributed by atoms with Crippen LogP contribution < -0.4 is 25.0 Å². The quantitative estimate of drug-likeness (QED) is 0.257. The van der Waals surface area contributed by atoms with Crippen molar-refractivity contribution in [3.05, 3.63) is 71.7 Å². The number of alkyl halides is 3. The number of amides is 1. The number of aliphatic hydroxyl groups is 2. The van der Waals surface area contributed by atoms with Crippen molar-refractivity contribution in [1.82, 2.24) is 15.6 Å². The number of carbonyl (C=O) groups is 1. The minimum atomic E-state index is -5.23. The zero-order valence-electron chi connectivity index (χ0n) is 24.2. The summed E-state index contributed by atoms with van der Waals surface area (Å²) in [5.74, 6) is -1.07. The second kappa shape index (κ2) is 15.0. The topological polar surface area (TPSA) is 116 Å². The van der Waals surface area contributed by atoms with E-state index in [1.54, 1.807) is 6.07 Å². The summed E-state index contributed by atoms with van der Waals surface area (Å²) >= 11 is 0. The molecule has 1 aliphatic rings. The third-order valence-corrected chi connectivity index (χ3v) is 6.60. The number of hydrogen-bond acceptors (Lipinski definition) is 8. The number of carbonyl (C=O) groups excluding carboxylic acids is 1. The second-order valence-corrected chi connectivity index (χ2v) is 9.32. The number of aromatic nitrogens is 1. The van der Waals surface area contributed by atoms with Crippen molar-refractivity contribution >= 4 is 11.6 Å². The molecule has 1 aromatic heterocycles. The molecule has 1 unspecified atom stereocenters. The van der Waals surface area contributed by atoms with Crippen LogP contribution in [0.4, 0.5) is 23.2 Å². The Bertz CT molecular complexity index is 1350. The molecule has 3 aromatic rings. The summed E-state index contributed by atoms with van der Waals surface area (Å²) in [5.41, 5.74) is -3.46. The number of pyridine rings is 1. The van der Waals surface area contributed by atoms with Crippen LogP contribution in [0.25, 0.3) is 11.3 Å². The van der Waals surface area contributed by atoms with Gasteiger partial charge in [0.2, 0.25) is 5.60 Å². The molecule has 0 spiro atoms. The van der Waals surface area contributed by atoms with Gasteiger partial charge in [0.15, 0.2) is 11.5 Å². The fraction of sp³-hybridized carbons (Fsp3) is 0.400. The number of halogens is 4. The Morgan fingerprint density at radius 1 is 1.05 bits per heavy atom. The number of hydrogen-bond donors (Lipinski definition) is 4. The van der Waals surface area contributed by atoms with Crippen molar-refractivity contribution < 1.29 is 42.0 Å². The first-order chi connectivity index (χ1) is 20.6. The molecule has 0 bridgehead atoms. The minimum absolute atomic E-state index is 0.0273. The summed E-state index contributed by atoms with van der Waals surface area (Å²) in [7, 11) is 1.32. The SMILES string of the molecule is CC.COc1cc(C(=O)NCC(O)(c2cc(N3CCNCC3)cc(-c3ccc(F)cc3)n2)C(F)(F)F)ccc1OCCO. The molecule has 4 rings (SSSR count). The zero-order valence-corrected chi connectivity index (χ0v) is 24.2. The van der Waals surface area contributed by atoms with Crippen molar-refractivity contribution in [3.8, 4) is 22.8 Å². The summed E-state index contributed by atoms with van der Waals surface area (Å²) in [6.07, 6.45) is -5.23. The van der Waals surface area contributed by atoms with E-state index in [1.807, 2.05) is 18.7 Å². The molecular formula is C30H36F4N4O5. The molecule has 0 radical (unpaired) electrons. The van der Waals surface area contributed by atoms with E-state index in [9.17, 15) is 27.5 Å². The molecule has 13 heteroatoms. The monoisotopic (exact) mass is 608 g/mol. The van der Waals surface area contributed by atoms with Gasteiger partial charge in [0, 0.05) is 43.0 Å². The Kier molecular flexibility index (Phi) is 11.7. The van der Waals surface area contributed by atoms with Crippen LogP contribution in [0.15, 0.2) is 54.6 Å². The maximum absolute atomic E-state index is 14.5. The van der Waals surface area contributed by atoms with Gasteiger partial charge in [0.05, 0.1) is 31.6 Å². The lowest BCUT2D eigenvalue weighted by Gasteiger charge is -2.33. The number of anilines is 1. The third kappa shape index (κ3) is 8.12. The maximum atomic E-state index is 14.5. The van der Waals surface area contributed by atoms with Gasteiger partial charge in [-0.05, 0) is 54.6 Å². The van der Waals surface area contributed by atoms with Crippen LogP contribution in [0, 0.1) is 5.82 Å². The Balaban J connectivity index is 0.00000248. The van der Waals surface area contributed by atoms with Gasteiger partial charge in [0.25, 0.3) is 5.91 Å². The summed E-state index contributed by atoms with van der Waals surface area (Å²) in [6, 6.07) is 11.8. The summed E-state index contributed by atoms with van der Waals surface area (Å²) in [6.45, 7) is 4.71. The number of aliphatic hydroxyl groups excluding tert-OH is 1. The van der Waals surface area contributed by atoms with Gasteiger partial charge in [-0.2, -0.15) is 13.2 Å². The number of piperazine rings is 1. The van der Waals surface area contributed by atoms with Gasteiger partial charge in [-0.3, -0.25) is 4.79 Å². The number of nitrogens with one attached hydrogen (secondary N) is 2. The van der Waals surface area contributed by atoms with Crippen molar-refractivity contribution in [3.63, 3.8) is 0 Å². The highest BCUT2D eigenvalue weighted by Gasteiger charge is 2.56. The molecule has 43 heavy (non-hydrogen) atoms. The van der Waals surface area contributed by atoms with Crippen LogP contribution >= 0.6 is 0 Å². The van der Waals surface area contributed by atoms with Gasteiger partial charge in [0.1, 0.15) is 12.4 Å². The van der Waals surface area contributed by atoms with Crippen molar-refractivity contribution in [2.24, 2.45) is 0 Å². The van der Waals surface area contributed by atoms with Gasteiger partial charge >= 0.3 is 6.18 Å². The van der Waals surface area contributed by atoms with Crippen LogP contribution in [-0.4, -0.2) is 80.3 Å². The average molecular weight is 609 g/mol. The molecule has 4 N–H and O–H groups in total. The number of rotatable bonds is 10. The van der Waals surface area contributed by atoms with Crippen LogP contribution in [0.5, 0.6) is 11.5 Å². The molecule has 2 aromatic carbocycles. The van der Waals surface area contributed by atoms with Gasteiger partial charge < -0.3 is 35.2 Å². The van der Waals surface area contributed by atoms with Crippen LogP contribution in [-0.2, 0) is 5.60 Å². The smallest absolute Gasteiger partial charge is 0.424 e. The Hall–Kier alpha value is -3.94. The third-order valence-electron chi connectivity index (χ3n) is 6.60. The summed E-state index contributed by atoms with van der Waals surface area (Å²) in [5, 5.41) is 25.4. The fourth-order valence-electron chi connectivity index (χ4n) is 4.33. The number of methoxy groups -OCH3 is 1. The molecular weight excluding hydrogens is 572 g/mol.